The highest BCUT2D eigenvalue weighted by molar-refractivity contribution is 5.62. The summed E-state index contributed by atoms with van der Waals surface area (Å²) in [6.07, 6.45) is 1.62. The first-order chi connectivity index (χ1) is 16.1. The standard InChI is InChI=1S/C26H28N4O3/c1-4-11-20-23-22(18-14-10-15-21(31-5-2)24(18)32-6-3)19(16-27)25(28)33-26(23)30(29-20)17-12-8-7-9-13-17/h7-10,12-15,22H,4-6,11,28H2,1-3H3. The summed E-state index contributed by atoms with van der Waals surface area (Å²) in [6.45, 7) is 6.91. The molecule has 1 aliphatic rings. The van der Waals surface area contributed by atoms with Gasteiger partial charge >= 0.3 is 0 Å². The van der Waals surface area contributed by atoms with Crippen LogP contribution in [0.3, 0.4) is 0 Å². The van der Waals surface area contributed by atoms with Gasteiger partial charge in [0.05, 0.1) is 36.1 Å². The molecule has 7 heteroatoms. The summed E-state index contributed by atoms with van der Waals surface area (Å²) in [6, 6.07) is 17.8. The molecular weight excluding hydrogens is 416 g/mol. The molecule has 2 heterocycles. The summed E-state index contributed by atoms with van der Waals surface area (Å²) in [5.74, 6) is 1.35. The third kappa shape index (κ3) is 4.00. The number of allylic oxidation sites excluding steroid dienone is 1. The number of para-hydroxylation sites is 2. The number of nitrogens with zero attached hydrogens (tertiary/aromatic N) is 3. The zero-order valence-corrected chi connectivity index (χ0v) is 19.2. The maximum Gasteiger partial charge on any atom is 0.229 e. The highest BCUT2D eigenvalue weighted by Crippen LogP contribution is 2.49. The molecular formula is C26H28N4O3. The van der Waals surface area contributed by atoms with Gasteiger partial charge in [-0.2, -0.15) is 10.4 Å². The zero-order valence-electron chi connectivity index (χ0n) is 19.2. The van der Waals surface area contributed by atoms with E-state index in [0.29, 0.717) is 36.2 Å². The average molecular weight is 445 g/mol. The lowest BCUT2D eigenvalue weighted by Gasteiger charge is -2.27. The molecule has 170 valence electrons. The number of nitriles is 1. The van der Waals surface area contributed by atoms with Crippen molar-refractivity contribution in [2.75, 3.05) is 13.2 Å². The van der Waals surface area contributed by atoms with Crippen LogP contribution in [0.2, 0.25) is 0 Å². The lowest BCUT2D eigenvalue weighted by atomic mass is 9.82. The Bertz CT molecular complexity index is 1210. The largest absolute Gasteiger partial charge is 0.490 e. The van der Waals surface area contributed by atoms with E-state index in [1.54, 1.807) is 4.68 Å². The maximum absolute atomic E-state index is 10.1. The molecule has 1 aliphatic heterocycles. The van der Waals surface area contributed by atoms with Crippen LogP contribution in [0.5, 0.6) is 17.4 Å². The SMILES string of the molecule is CCCc1nn(-c2ccccc2)c2c1C(c1cccc(OCC)c1OCC)C(C#N)=C(N)O2. The topological polar surface area (TPSA) is 95.3 Å². The van der Waals surface area contributed by atoms with E-state index in [0.717, 1.165) is 35.3 Å². The van der Waals surface area contributed by atoms with Crippen molar-refractivity contribution >= 4 is 0 Å². The van der Waals surface area contributed by atoms with Gasteiger partial charge in [-0.15, -0.1) is 0 Å². The van der Waals surface area contributed by atoms with E-state index in [1.165, 1.54) is 0 Å². The van der Waals surface area contributed by atoms with Gasteiger partial charge in [0, 0.05) is 5.56 Å². The number of benzene rings is 2. The predicted octanol–water partition coefficient (Wildman–Crippen LogP) is 4.84. The molecule has 1 atom stereocenters. The first-order valence-corrected chi connectivity index (χ1v) is 11.3. The summed E-state index contributed by atoms with van der Waals surface area (Å²) < 4.78 is 19.7. The molecule has 0 aliphatic carbocycles. The van der Waals surface area contributed by atoms with Gasteiger partial charge < -0.3 is 19.9 Å². The molecule has 0 saturated heterocycles. The molecule has 33 heavy (non-hydrogen) atoms. The van der Waals surface area contributed by atoms with Gasteiger partial charge in [-0.25, -0.2) is 4.68 Å². The molecule has 1 unspecified atom stereocenters. The van der Waals surface area contributed by atoms with Crippen LogP contribution in [0.25, 0.3) is 5.69 Å². The van der Waals surface area contributed by atoms with E-state index in [4.69, 9.17) is 25.0 Å². The quantitative estimate of drug-likeness (QED) is 0.534. The first-order valence-electron chi connectivity index (χ1n) is 11.3. The third-order valence-electron chi connectivity index (χ3n) is 5.52. The molecule has 0 amide bonds. The fourth-order valence-electron chi connectivity index (χ4n) is 4.22. The molecule has 0 radical (unpaired) electrons. The first kappa shape index (κ1) is 22.3. The summed E-state index contributed by atoms with van der Waals surface area (Å²) in [5.41, 5.74) is 10.0. The van der Waals surface area contributed by atoms with E-state index in [2.05, 4.69) is 13.0 Å². The van der Waals surface area contributed by atoms with Crippen LogP contribution in [0.15, 0.2) is 60.0 Å². The van der Waals surface area contributed by atoms with Gasteiger partial charge in [0.25, 0.3) is 0 Å². The fourth-order valence-corrected chi connectivity index (χ4v) is 4.22. The molecule has 3 aromatic rings. The Morgan fingerprint density at radius 2 is 1.82 bits per heavy atom. The number of ether oxygens (including phenoxy) is 3. The molecule has 0 fully saturated rings. The minimum Gasteiger partial charge on any atom is -0.490 e. The molecule has 7 nitrogen and oxygen atoms in total. The summed E-state index contributed by atoms with van der Waals surface area (Å²) in [5, 5.41) is 15.0. The Kier molecular flexibility index (Phi) is 6.55. The van der Waals surface area contributed by atoms with Crippen molar-refractivity contribution in [2.24, 2.45) is 5.73 Å². The second-order valence-electron chi connectivity index (χ2n) is 7.63. The van der Waals surface area contributed by atoms with Crippen molar-refractivity contribution in [3.63, 3.8) is 0 Å². The molecule has 0 spiro atoms. The molecule has 1 aromatic heterocycles. The van der Waals surface area contributed by atoms with Crippen LogP contribution >= 0.6 is 0 Å². The Morgan fingerprint density at radius 3 is 2.48 bits per heavy atom. The number of hydrogen-bond donors (Lipinski definition) is 1. The number of aromatic nitrogens is 2. The van der Waals surface area contributed by atoms with Crippen molar-refractivity contribution in [1.29, 1.82) is 5.26 Å². The van der Waals surface area contributed by atoms with Gasteiger partial charge in [0.2, 0.25) is 11.8 Å². The molecule has 4 rings (SSSR count). The number of nitrogens with two attached hydrogens (primary N) is 1. The van der Waals surface area contributed by atoms with Crippen molar-refractivity contribution < 1.29 is 14.2 Å². The Morgan fingerprint density at radius 1 is 1.06 bits per heavy atom. The number of rotatable bonds is 8. The smallest absolute Gasteiger partial charge is 0.229 e. The van der Waals surface area contributed by atoms with E-state index < -0.39 is 5.92 Å². The second-order valence-corrected chi connectivity index (χ2v) is 7.63. The van der Waals surface area contributed by atoms with Crippen LogP contribution in [-0.4, -0.2) is 23.0 Å². The van der Waals surface area contributed by atoms with E-state index >= 15 is 0 Å². The summed E-state index contributed by atoms with van der Waals surface area (Å²) in [7, 11) is 0. The van der Waals surface area contributed by atoms with E-state index in [-0.39, 0.29) is 5.88 Å². The minimum atomic E-state index is -0.486. The van der Waals surface area contributed by atoms with Gasteiger partial charge in [-0.1, -0.05) is 43.7 Å². The average Bonchev–Trinajstić information content (AvgIpc) is 3.18. The van der Waals surface area contributed by atoms with Crippen LogP contribution < -0.4 is 19.9 Å². The summed E-state index contributed by atoms with van der Waals surface area (Å²) >= 11 is 0. The van der Waals surface area contributed by atoms with Crippen LogP contribution in [0.1, 0.15) is 49.9 Å². The van der Waals surface area contributed by atoms with Crippen LogP contribution in [-0.2, 0) is 6.42 Å². The maximum atomic E-state index is 10.1. The summed E-state index contributed by atoms with van der Waals surface area (Å²) in [4.78, 5) is 0. The number of hydrogen-bond acceptors (Lipinski definition) is 6. The second kappa shape index (κ2) is 9.70. The van der Waals surface area contributed by atoms with Crippen LogP contribution in [0, 0.1) is 11.3 Å². The van der Waals surface area contributed by atoms with E-state index in [9.17, 15) is 5.26 Å². The van der Waals surface area contributed by atoms with Gasteiger partial charge in [0.15, 0.2) is 11.5 Å². The molecule has 0 saturated carbocycles. The highest BCUT2D eigenvalue weighted by atomic mass is 16.5. The van der Waals surface area contributed by atoms with Crippen LogP contribution in [0.4, 0.5) is 0 Å². The lowest BCUT2D eigenvalue weighted by molar-refractivity contribution is 0.284. The number of aryl methyl sites for hydroxylation is 1. The van der Waals surface area contributed by atoms with Crippen molar-refractivity contribution in [3.8, 4) is 29.1 Å². The third-order valence-corrected chi connectivity index (χ3v) is 5.52. The molecule has 0 bridgehead atoms. The van der Waals surface area contributed by atoms with Gasteiger partial charge in [-0.05, 0) is 38.5 Å². The van der Waals surface area contributed by atoms with Crippen molar-refractivity contribution in [2.45, 2.75) is 39.5 Å². The zero-order chi connectivity index (χ0) is 23.4. The van der Waals surface area contributed by atoms with Crippen molar-refractivity contribution in [3.05, 3.63) is 76.8 Å². The molecule has 2 aromatic carbocycles. The normalized spacial score (nSPS) is 14.9. The Hall–Kier alpha value is -3.92. The number of fused-ring (bicyclic) bond motifs is 1. The fraction of sp³-hybridized carbons (Fsp3) is 0.308. The monoisotopic (exact) mass is 444 g/mol. The minimum absolute atomic E-state index is 0.0689. The molecule has 2 N–H and O–H groups in total. The predicted molar refractivity (Wildman–Crippen MR) is 126 cm³/mol. The Balaban J connectivity index is 2.01. The van der Waals surface area contributed by atoms with E-state index in [1.807, 2.05) is 62.4 Å². The van der Waals surface area contributed by atoms with Gasteiger partial charge in [0.1, 0.15) is 11.6 Å². The Labute approximate surface area is 194 Å². The highest BCUT2D eigenvalue weighted by Gasteiger charge is 2.38. The van der Waals surface area contributed by atoms with Crippen molar-refractivity contribution in [1.82, 2.24) is 9.78 Å². The van der Waals surface area contributed by atoms with Gasteiger partial charge in [-0.3, -0.25) is 0 Å². The lowest BCUT2D eigenvalue weighted by Crippen LogP contribution is -2.23.